The third kappa shape index (κ3) is 5.44. The first-order valence-corrected chi connectivity index (χ1v) is 11.9. The second kappa shape index (κ2) is 9.38. The number of fused-ring (bicyclic) bond motifs is 1. The fourth-order valence-corrected chi connectivity index (χ4v) is 4.22. The van der Waals surface area contributed by atoms with E-state index in [0.717, 1.165) is 30.4 Å². The van der Waals surface area contributed by atoms with E-state index in [4.69, 9.17) is 9.47 Å². The Kier molecular flexibility index (Phi) is 6.87. The van der Waals surface area contributed by atoms with Gasteiger partial charge in [-0.1, -0.05) is 31.5 Å². The zero-order valence-corrected chi connectivity index (χ0v) is 18.4. The van der Waals surface area contributed by atoms with Crippen LogP contribution >= 0.6 is 0 Å². The molecule has 1 heterocycles. The van der Waals surface area contributed by atoms with Gasteiger partial charge in [0.05, 0.1) is 25.0 Å². The van der Waals surface area contributed by atoms with Crippen LogP contribution in [0.25, 0.3) is 0 Å². The van der Waals surface area contributed by atoms with Gasteiger partial charge in [0.15, 0.2) is 6.10 Å². The van der Waals surface area contributed by atoms with E-state index >= 15 is 0 Å². The van der Waals surface area contributed by atoms with Crippen LogP contribution in [0, 0.1) is 6.92 Å². The summed E-state index contributed by atoms with van der Waals surface area (Å²) in [7, 11) is -3.54. The number of benzene rings is 2. The maximum atomic E-state index is 12.6. The van der Waals surface area contributed by atoms with E-state index in [1.165, 1.54) is 9.87 Å². The van der Waals surface area contributed by atoms with Crippen LogP contribution in [0.4, 0.5) is 5.69 Å². The zero-order valence-electron chi connectivity index (χ0n) is 17.6. The number of aryl methyl sites for hydroxylation is 2. The molecule has 0 radical (unpaired) electrons. The van der Waals surface area contributed by atoms with Crippen LogP contribution in [0.5, 0.6) is 11.5 Å². The van der Waals surface area contributed by atoms with Crippen molar-refractivity contribution in [3.8, 4) is 11.5 Å². The number of anilines is 1. The van der Waals surface area contributed by atoms with Crippen molar-refractivity contribution >= 4 is 21.6 Å². The van der Waals surface area contributed by atoms with Crippen molar-refractivity contribution in [3.63, 3.8) is 0 Å². The van der Waals surface area contributed by atoms with Crippen molar-refractivity contribution < 1.29 is 22.7 Å². The van der Waals surface area contributed by atoms with Crippen LogP contribution in [-0.4, -0.2) is 46.4 Å². The molecule has 162 valence electrons. The molecule has 0 saturated carbocycles. The molecule has 0 aromatic heterocycles. The summed E-state index contributed by atoms with van der Waals surface area (Å²) in [4.78, 5) is 12.6. The van der Waals surface area contributed by atoms with Crippen LogP contribution in [0.2, 0.25) is 0 Å². The molecule has 2 aromatic carbocycles. The Bertz CT molecular complexity index is 989. The molecule has 0 saturated heterocycles. The molecule has 0 fully saturated rings. The quantitative estimate of drug-likeness (QED) is 0.649. The highest BCUT2D eigenvalue weighted by atomic mass is 32.2. The highest BCUT2D eigenvalue weighted by Gasteiger charge is 2.34. The minimum absolute atomic E-state index is 0.0686. The van der Waals surface area contributed by atoms with Crippen molar-refractivity contribution in [2.75, 3.05) is 30.3 Å². The molecular formula is C22H28N2O5S. The predicted octanol–water partition coefficient (Wildman–Crippen LogP) is 2.67. The van der Waals surface area contributed by atoms with Crippen molar-refractivity contribution in [1.82, 2.24) is 5.32 Å². The first kappa shape index (κ1) is 22.0. The zero-order chi connectivity index (χ0) is 21.7. The first-order valence-electron chi connectivity index (χ1n) is 10.0. The fraction of sp³-hybridized carbons (Fsp3) is 0.409. The van der Waals surface area contributed by atoms with Gasteiger partial charge in [-0.05, 0) is 48.7 Å². The number of carbonyl (C=O) groups excluding carboxylic acids is 1. The molecule has 1 amide bonds. The molecule has 1 unspecified atom stereocenters. The van der Waals surface area contributed by atoms with Crippen LogP contribution in [-0.2, 0) is 21.2 Å². The SMILES string of the molecule is CCCc1ccc(OCCNC(=O)C2CN(S(C)(=O)=O)c3cc(C)ccc3O2)cc1. The van der Waals surface area contributed by atoms with Crippen molar-refractivity contribution in [2.45, 2.75) is 32.8 Å². The summed E-state index contributed by atoms with van der Waals surface area (Å²) >= 11 is 0. The maximum Gasteiger partial charge on any atom is 0.263 e. The molecule has 0 aliphatic carbocycles. The normalized spacial score (nSPS) is 15.8. The number of sulfonamides is 1. The van der Waals surface area contributed by atoms with Gasteiger partial charge in [-0.2, -0.15) is 0 Å². The Labute approximate surface area is 178 Å². The number of rotatable bonds is 8. The second-order valence-electron chi connectivity index (χ2n) is 7.41. The lowest BCUT2D eigenvalue weighted by Gasteiger charge is -2.34. The van der Waals surface area contributed by atoms with Crippen LogP contribution in [0.3, 0.4) is 0 Å². The fourth-order valence-electron chi connectivity index (χ4n) is 3.31. The molecule has 2 aromatic rings. The van der Waals surface area contributed by atoms with Crippen LogP contribution in [0.15, 0.2) is 42.5 Å². The van der Waals surface area contributed by atoms with E-state index in [2.05, 4.69) is 12.2 Å². The summed E-state index contributed by atoms with van der Waals surface area (Å²) in [5, 5.41) is 2.76. The summed E-state index contributed by atoms with van der Waals surface area (Å²) in [6.45, 7) is 4.53. The molecular weight excluding hydrogens is 404 g/mol. The average molecular weight is 433 g/mol. The number of nitrogens with one attached hydrogen (secondary N) is 1. The molecule has 1 aliphatic rings. The van der Waals surface area contributed by atoms with Crippen LogP contribution < -0.4 is 19.1 Å². The Hall–Kier alpha value is -2.74. The maximum absolute atomic E-state index is 12.6. The molecule has 7 nitrogen and oxygen atoms in total. The Morgan fingerprint density at radius 2 is 1.97 bits per heavy atom. The van der Waals surface area contributed by atoms with Gasteiger partial charge in [0, 0.05) is 0 Å². The van der Waals surface area contributed by atoms with E-state index in [0.29, 0.717) is 18.0 Å². The summed E-state index contributed by atoms with van der Waals surface area (Å²) in [5.41, 5.74) is 2.63. The number of hydrogen-bond acceptors (Lipinski definition) is 5. The van der Waals surface area contributed by atoms with Gasteiger partial charge in [-0.15, -0.1) is 0 Å². The number of amides is 1. The van der Waals surface area contributed by atoms with Crippen LogP contribution in [0.1, 0.15) is 24.5 Å². The van der Waals surface area contributed by atoms with E-state index < -0.39 is 16.1 Å². The van der Waals surface area contributed by atoms with Gasteiger partial charge in [0.25, 0.3) is 5.91 Å². The molecule has 1 atom stereocenters. The highest BCUT2D eigenvalue weighted by molar-refractivity contribution is 7.92. The topological polar surface area (TPSA) is 84.9 Å². The predicted molar refractivity (Wildman–Crippen MR) is 117 cm³/mol. The highest BCUT2D eigenvalue weighted by Crippen LogP contribution is 2.35. The van der Waals surface area contributed by atoms with Gasteiger partial charge in [-0.3, -0.25) is 9.10 Å². The monoisotopic (exact) mass is 432 g/mol. The average Bonchev–Trinajstić information content (AvgIpc) is 2.71. The summed E-state index contributed by atoms with van der Waals surface area (Å²) in [6, 6.07) is 13.1. The summed E-state index contributed by atoms with van der Waals surface area (Å²) < 4.78 is 37.1. The van der Waals surface area contributed by atoms with Crippen molar-refractivity contribution in [1.29, 1.82) is 0 Å². The van der Waals surface area contributed by atoms with E-state index in [-0.39, 0.29) is 19.0 Å². The minimum atomic E-state index is -3.54. The Morgan fingerprint density at radius 3 is 2.63 bits per heavy atom. The summed E-state index contributed by atoms with van der Waals surface area (Å²) in [6.07, 6.45) is 2.32. The first-order chi connectivity index (χ1) is 14.3. The van der Waals surface area contributed by atoms with Gasteiger partial charge >= 0.3 is 0 Å². The van der Waals surface area contributed by atoms with E-state index in [1.54, 1.807) is 12.1 Å². The number of carbonyl (C=O) groups is 1. The molecule has 1 N–H and O–H groups in total. The molecule has 0 spiro atoms. The third-order valence-electron chi connectivity index (χ3n) is 4.81. The van der Waals surface area contributed by atoms with Gasteiger partial charge in [-0.25, -0.2) is 8.42 Å². The molecule has 1 aliphatic heterocycles. The molecule has 0 bridgehead atoms. The number of nitrogens with zero attached hydrogens (tertiary/aromatic N) is 1. The summed E-state index contributed by atoms with van der Waals surface area (Å²) in [5.74, 6) is 0.739. The molecule has 8 heteroatoms. The minimum Gasteiger partial charge on any atom is -0.492 e. The van der Waals surface area contributed by atoms with Gasteiger partial charge in [0.1, 0.15) is 18.1 Å². The van der Waals surface area contributed by atoms with E-state index in [9.17, 15) is 13.2 Å². The lowest BCUT2D eigenvalue weighted by Crippen LogP contribution is -2.51. The molecule has 3 rings (SSSR count). The second-order valence-corrected chi connectivity index (χ2v) is 9.31. The van der Waals surface area contributed by atoms with E-state index in [1.807, 2.05) is 37.3 Å². The van der Waals surface area contributed by atoms with Crippen molar-refractivity contribution in [3.05, 3.63) is 53.6 Å². The lowest BCUT2D eigenvalue weighted by molar-refractivity contribution is -0.127. The standard InChI is InChI=1S/C22H28N2O5S/c1-4-5-17-7-9-18(10-8-17)28-13-12-23-22(25)21-15-24(30(3,26)27)19-14-16(2)6-11-20(19)29-21/h6-11,14,21H,4-5,12-13,15H2,1-3H3,(H,23,25). The number of ether oxygens (including phenoxy) is 2. The lowest BCUT2D eigenvalue weighted by atomic mass is 10.1. The smallest absolute Gasteiger partial charge is 0.263 e. The van der Waals surface area contributed by atoms with Crippen molar-refractivity contribution in [2.24, 2.45) is 0 Å². The van der Waals surface area contributed by atoms with Gasteiger partial charge < -0.3 is 14.8 Å². The largest absolute Gasteiger partial charge is 0.492 e. The number of hydrogen-bond donors (Lipinski definition) is 1. The van der Waals surface area contributed by atoms with Gasteiger partial charge in [0.2, 0.25) is 10.0 Å². The Balaban J connectivity index is 1.56. The Morgan fingerprint density at radius 1 is 1.23 bits per heavy atom. The third-order valence-corrected chi connectivity index (χ3v) is 5.96. The molecule has 30 heavy (non-hydrogen) atoms.